The summed E-state index contributed by atoms with van der Waals surface area (Å²) < 4.78 is 23.5. The zero-order valence-electron chi connectivity index (χ0n) is 22.4. The quantitative estimate of drug-likeness (QED) is 0.335. The Bertz CT molecular complexity index is 1270. The van der Waals surface area contributed by atoms with Crippen LogP contribution < -0.4 is 19.7 Å². The first kappa shape index (κ1) is 26.5. The normalized spacial score (nSPS) is 16.4. The van der Waals surface area contributed by atoms with Crippen LogP contribution in [0.5, 0.6) is 11.5 Å². The Hall–Kier alpha value is -3.11. The zero-order valence-corrected chi connectivity index (χ0v) is 23.2. The number of ether oxygens (including phenoxy) is 4. The molecule has 1 saturated carbocycles. The Kier molecular flexibility index (Phi) is 8.48. The number of benzene rings is 1. The number of hydrogen-bond donors (Lipinski definition) is 1. The molecule has 1 aromatic carbocycles. The monoisotopic (exact) mass is 540 g/mol. The predicted molar refractivity (Wildman–Crippen MR) is 150 cm³/mol. The molecule has 2 fully saturated rings. The number of nitrogens with one attached hydrogen (secondary N) is 1. The van der Waals surface area contributed by atoms with Crippen LogP contribution in [0.4, 0.5) is 17.2 Å². The molecule has 0 unspecified atom stereocenters. The van der Waals surface area contributed by atoms with E-state index in [9.17, 15) is 4.79 Å². The summed E-state index contributed by atoms with van der Waals surface area (Å²) in [6, 6.07) is 3.99. The molecule has 0 spiro atoms. The van der Waals surface area contributed by atoms with Gasteiger partial charge in [-0.3, -0.25) is 0 Å². The molecule has 0 radical (unpaired) electrons. The van der Waals surface area contributed by atoms with Crippen molar-refractivity contribution in [3.05, 3.63) is 28.9 Å². The maximum absolute atomic E-state index is 13.1. The molecule has 1 aliphatic carbocycles. The number of aryl methyl sites for hydroxylation is 1. The van der Waals surface area contributed by atoms with Crippen molar-refractivity contribution in [2.24, 2.45) is 0 Å². The van der Waals surface area contributed by atoms with Gasteiger partial charge in [-0.2, -0.15) is 0 Å². The van der Waals surface area contributed by atoms with Gasteiger partial charge in [-0.15, -0.1) is 11.3 Å². The molecule has 3 aromatic rings. The minimum Gasteiger partial charge on any atom is -0.492 e. The van der Waals surface area contributed by atoms with Crippen LogP contribution in [0.25, 0.3) is 10.2 Å². The first-order valence-corrected chi connectivity index (χ1v) is 14.4. The van der Waals surface area contributed by atoms with Gasteiger partial charge in [0.15, 0.2) is 0 Å². The average Bonchev–Trinajstić information content (AvgIpc) is 3.28. The fraction of sp³-hybridized carbons (Fsp3) is 0.536. The van der Waals surface area contributed by atoms with Crippen LogP contribution in [0.3, 0.4) is 0 Å². The van der Waals surface area contributed by atoms with Crippen LogP contribution in [0.15, 0.2) is 18.5 Å². The fourth-order valence-electron chi connectivity index (χ4n) is 5.12. The molecule has 9 nitrogen and oxygen atoms in total. The van der Waals surface area contributed by atoms with Crippen LogP contribution in [-0.2, 0) is 9.47 Å². The van der Waals surface area contributed by atoms with Crippen molar-refractivity contribution in [3.8, 4) is 11.5 Å². The van der Waals surface area contributed by atoms with Crippen LogP contribution in [0.2, 0.25) is 0 Å². The molecule has 2 aliphatic rings. The molecule has 1 aliphatic heterocycles. The topological polar surface area (TPSA) is 95.0 Å². The lowest BCUT2D eigenvalue weighted by Gasteiger charge is -2.31. The van der Waals surface area contributed by atoms with E-state index in [1.54, 1.807) is 0 Å². The number of rotatable bonds is 9. The Labute approximate surface area is 227 Å². The third kappa shape index (κ3) is 5.66. The number of thiophene rings is 1. The van der Waals surface area contributed by atoms with Gasteiger partial charge in [-0.1, -0.05) is 6.42 Å². The lowest BCUT2D eigenvalue weighted by atomic mass is 9.98. The van der Waals surface area contributed by atoms with Crippen LogP contribution >= 0.6 is 11.3 Å². The SMILES string of the molecule is CCOc1cc(N2CCOCC2)c(OCC)cc1Nc1ncnc2sc(C(=O)OC3CCCCC3)c(C)c12. The predicted octanol–water partition coefficient (Wildman–Crippen LogP) is 5.87. The number of carbonyl (C=O) groups is 1. The van der Waals surface area contributed by atoms with E-state index in [0.29, 0.717) is 42.9 Å². The van der Waals surface area contributed by atoms with Crippen molar-refractivity contribution >= 4 is 44.7 Å². The van der Waals surface area contributed by atoms with E-state index < -0.39 is 0 Å². The van der Waals surface area contributed by atoms with Crippen molar-refractivity contribution < 1.29 is 23.7 Å². The summed E-state index contributed by atoms with van der Waals surface area (Å²) in [5.74, 6) is 1.81. The summed E-state index contributed by atoms with van der Waals surface area (Å²) in [7, 11) is 0. The smallest absolute Gasteiger partial charge is 0.348 e. The third-order valence-corrected chi connectivity index (χ3v) is 8.18. The second kappa shape index (κ2) is 12.2. The van der Waals surface area contributed by atoms with Crippen molar-refractivity contribution in [2.45, 2.75) is 59.0 Å². The van der Waals surface area contributed by atoms with Crippen molar-refractivity contribution in [2.75, 3.05) is 49.7 Å². The van der Waals surface area contributed by atoms with Crippen LogP contribution in [0.1, 0.15) is 61.2 Å². The van der Waals surface area contributed by atoms with Gasteiger partial charge in [-0.05, 0) is 52.0 Å². The lowest BCUT2D eigenvalue weighted by Crippen LogP contribution is -2.36. The highest BCUT2D eigenvalue weighted by molar-refractivity contribution is 7.20. The lowest BCUT2D eigenvalue weighted by molar-refractivity contribution is 0.0216. The number of hydrogen-bond acceptors (Lipinski definition) is 10. The molecular weight excluding hydrogens is 504 g/mol. The number of esters is 1. The highest BCUT2D eigenvalue weighted by atomic mass is 32.1. The molecule has 10 heteroatoms. The second-order valence-electron chi connectivity index (χ2n) is 9.53. The van der Waals surface area contributed by atoms with Gasteiger partial charge in [0.05, 0.1) is 43.2 Å². The van der Waals surface area contributed by atoms with E-state index in [4.69, 9.17) is 18.9 Å². The summed E-state index contributed by atoms with van der Waals surface area (Å²) in [5, 5.41) is 4.27. The standard InChI is InChI=1S/C28H36N4O5S/c1-4-35-22-16-21(32-11-13-34-14-12-32)23(36-5-2)15-20(22)31-26-24-18(3)25(38-27(24)30-17-29-26)28(33)37-19-9-7-6-8-10-19/h15-17,19H,4-14H2,1-3H3,(H,29,30,31). The molecule has 1 saturated heterocycles. The van der Waals surface area contributed by atoms with Gasteiger partial charge in [0, 0.05) is 25.2 Å². The molecule has 1 N–H and O–H groups in total. The van der Waals surface area contributed by atoms with Gasteiger partial charge in [0.25, 0.3) is 0 Å². The number of morpholine rings is 1. The summed E-state index contributed by atoms with van der Waals surface area (Å²) in [6.45, 7) is 9.86. The Morgan fingerprint density at radius 2 is 1.82 bits per heavy atom. The summed E-state index contributed by atoms with van der Waals surface area (Å²) in [6.07, 6.45) is 6.82. The minimum absolute atomic E-state index is 0.000241. The van der Waals surface area contributed by atoms with Crippen LogP contribution in [-0.4, -0.2) is 61.6 Å². The number of anilines is 3. The molecule has 5 rings (SSSR count). The van der Waals surface area contributed by atoms with E-state index >= 15 is 0 Å². The molecule has 0 atom stereocenters. The Balaban J connectivity index is 1.48. The minimum atomic E-state index is -0.271. The van der Waals surface area contributed by atoms with Crippen LogP contribution in [0, 0.1) is 6.92 Å². The first-order valence-electron chi connectivity index (χ1n) is 13.6. The maximum atomic E-state index is 13.1. The number of aromatic nitrogens is 2. The number of fused-ring (bicyclic) bond motifs is 1. The van der Waals surface area contributed by atoms with E-state index in [0.717, 1.165) is 71.7 Å². The molecular formula is C28H36N4O5S. The van der Waals surface area contributed by atoms with Crippen molar-refractivity contribution in [1.82, 2.24) is 9.97 Å². The van der Waals surface area contributed by atoms with E-state index in [-0.39, 0.29) is 12.1 Å². The molecule has 0 amide bonds. The molecule has 38 heavy (non-hydrogen) atoms. The van der Waals surface area contributed by atoms with Crippen molar-refractivity contribution in [3.63, 3.8) is 0 Å². The second-order valence-corrected chi connectivity index (χ2v) is 10.5. The molecule has 3 heterocycles. The van der Waals surface area contributed by atoms with Gasteiger partial charge in [0.1, 0.15) is 39.5 Å². The van der Waals surface area contributed by atoms with Gasteiger partial charge in [0.2, 0.25) is 0 Å². The largest absolute Gasteiger partial charge is 0.492 e. The Morgan fingerprint density at radius 3 is 2.55 bits per heavy atom. The highest BCUT2D eigenvalue weighted by Gasteiger charge is 2.25. The molecule has 2 aromatic heterocycles. The van der Waals surface area contributed by atoms with Gasteiger partial charge < -0.3 is 29.2 Å². The molecule has 204 valence electrons. The summed E-state index contributed by atoms with van der Waals surface area (Å²) >= 11 is 1.35. The molecule has 0 bridgehead atoms. The van der Waals surface area contributed by atoms with E-state index in [1.165, 1.54) is 24.1 Å². The fourth-order valence-corrected chi connectivity index (χ4v) is 6.15. The van der Waals surface area contributed by atoms with Crippen molar-refractivity contribution in [1.29, 1.82) is 0 Å². The third-order valence-electron chi connectivity index (χ3n) is 7.00. The zero-order chi connectivity index (χ0) is 26.5. The Morgan fingerprint density at radius 1 is 1.08 bits per heavy atom. The average molecular weight is 541 g/mol. The maximum Gasteiger partial charge on any atom is 0.348 e. The van der Waals surface area contributed by atoms with Gasteiger partial charge >= 0.3 is 5.97 Å². The first-order chi connectivity index (χ1) is 18.6. The summed E-state index contributed by atoms with van der Waals surface area (Å²) in [5.41, 5.74) is 2.54. The number of carbonyl (C=O) groups excluding carboxylic acids is 1. The van der Waals surface area contributed by atoms with Gasteiger partial charge in [-0.25, -0.2) is 14.8 Å². The van der Waals surface area contributed by atoms with E-state index in [2.05, 4.69) is 20.2 Å². The van der Waals surface area contributed by atoms with E-state index in [1.807, 2.05) is 32.9 Å². The highest BCUT2D eigenvalue weighted by Crippen LogP contribution is 2.42. The number of nitrogens with zero attached hydrogens (tertiary/aromatic N) is 3. The summed E-state index contributed by atoms with van der Waals surface area (Å²) in [4.78, 5) is 25.7.